The Morgan fingerprint density at radius 1 is 0.914 bits per heavy atom. The van der Waals surface area contributed by atoms with Crippen LogP contribution in [0.15, 0.2) is 11.6 Å². The molecule has 0 aromatic carbocycles. The first-order valence-corrected chi connectivity index (χ1v) is 14.3. The number of aliphatic hydroxyl groups excluding tert-OH is 2. The summed E-state index contributed by atoms with van der Waals surface area (Å²) in [5.41, 5.74) is 1.79. The van der Waals surface area contributed by atoms with Gasteiger partial charge in [0, 0.05) is 5.41 Å². The molecule has 0 aromatic heterocycles. The van der Waals surface area contributed by atoms with E-state index in [0.717, 1.165) is 32.1 Å². The summed E-state index contributed by atoms with van der Waals surface area (Å²) in [6.07, 6.45) is 10.0. The molecule has 0 amide bonds. The van der Waals surface area contributed by atoms with Crippen LogP contribution in [0, 0.1) is 56.7 Å². The minimum Gasteiger partial charge on any atom is -0.469 e. The molecule has 5 rings (SSSR count). The number of hydrogen-bond acceptors (Lipinski definition) is 4. The minimum absolute atomic E-state index is 0.0416. The lowest BCUT2D eigenvalue weighted by Crippen LogP contribution is -2.65. The van der Waals surface area contributed by atoms with Crippen LogP contribution in [0.4, 0.5) is 0 Å². The van der Waals surface area contributed by atoms with Crippen molar-refractivity contribution in [3.05, 3.63) is 11.6 Å². The van der Waals surface area contributed by atoms with Crippen molar-refractivity contribution in [1.29, 1.82) is 0 Å². The van der Waals surface area contributed by atoms with Gasteiger partial charge in [-0.05, 0) is 96.7 Å². The van der Waals surface area contributed by atoms with Crippen molar-refractivity contribution in [2.24, 2.45) is 56.7 Å². The molecule has 2 N–H and O–H groups in total. The van der Waals surface area contributed by atoms with Crippen molar-refractivity contribution in [3.63, 3.8) is 0 Å². The maximum Gasteiger partial charge on any atom is 0.309 e. The van der Waals surface area contributed by atoms with Gasteiger partial charge in [-0.1, -0.05) is 60.1 Å². The van der Waals surface area contributed by atoms with Crippen LogP contribution >= 0.6 is 0 Å². The lowest BCUT2D eigenvalue weighted by Gasteiger charge is -2.71. The van der Waals surface area contributed by atoms with E-state index in [-0.39, 0.29) is 56.9 Å². The van der Waals surface area contributed by atoms with Gasteiger partial charge in [-0.2, -0.15) is 0 Å². The van der Waals surface area contributed by atoms with Crippen molar-refractivity contribution in [2.75, 3.05) is 7.11 Å². The average molecular weight is 487 g/mol. The Morgan fingerprint density at radius 2 is 1.60 bits per heavy atom. The number of carbonyl (C=O) groups is 1. The van der Waals surface area contributed by atoms with Crippen LogP contribution in [0.1, 0.15) is 99.8 Å². The molecule has 35 heavy (non-hydrogen) atoms. The van der Waals surface area contributed by atoms with Gasteiger partial charge in [-0.25, -0.2) is 0 Å². The molecule has 4 heteroatoms. The van der Waals surface area contributed by atoms with E-state index in [1.165, 1.54) is 25.5 Å². The van der Waals surface area contributed by atoms with E-state index in [0.29, 0.717) is 18.3 Å². The molecule has 4 nitrogen and oxygen atoms in total. The SMILES string of the molecule is COC(=O)[C@@H]1C[C@H](O)[C@]2(C)CC[C@]3(C)C(=CC[C@@H]4[C@@]5(C)CC[C@H](O)C(C)(C)[C@@H]5CC[C@]43C)[C@H]2[C@H]1C. The maximum absolute atomic E-state index is 12.7. The summed E-state index contributed by atoms with van der Waals surface area (Å²) in [6.45, 7) is 16.8. The van der Waals surface area contributed by atoms with Gasteiger partial charge in [-0.15, -0.1) is 0 Å². The first-order chi connectivity index (χ1) is 16.2. The summed E-state index contributed by atoms with van der Waals surface area (Å²) in [5, 5.41) is 22.3. The summed E-state index contributed by atoms with van der Waals surface area (Å²) in [6, 6.07) is 0. The Labute approximate surface area is 213 Å². The van der Waals surface area contributed by atoms with E-state index >= 15 is 0 Å². The average Bonchev–Trinajstić information content (AvgIpc) is 2.79. The van der Waals surface area contributed by atoms with Crippen LogP contribution < -0.4 is 0 Å². The smallest absolute Gasteiger partial charge is 0.309 e. The topological polar surface area (TPSA) is 66.8 Å². The molecule has 0 heterocycles. The first-order valence-electron chi connectivity index (χ1n) is 14.3. The predicted octanol–water partition coefficient (Wildman–Crippen LogP) is 6.15. The standard InChI is InChI=1S/C31H50O4/c1-18-19(26(34)35-8)17-24(33)29(5)15-16-30(6)20(25(18)29)9-10-22-28(4)13-12-23(32)27(2,3)21(28)11-14-31(22,30)7/h9,18-19,21-25,32-33H,10-17H2,1-8H3/t18-,19+,21-,22+,23-,24-,25+,28-,29-,30+,31+/m0/s1. The number of esters is 1. The molecule has 0 aliphatic heterocycles. The third-order valence-electron chi connectivity index (χ3n) is 13.6. The monoisotopic (exact) mass is 486 g/mol. The van der Waals surface area contributed by atoms with Crippen LogP contribution in [-0.4, -0.2) is 35.5 Å². The third-order valence-corrected chi connectivity index (χ3v) is 13.6. The number of ether oxygens (including phenoxy) is 1. The van der Waals surface area contributed by atoms with Crippen LogP contribution in [0.5, 0.6) is 0 Å². The number of methoxy groups -OCH3 is 1. The Bertz CT molecular complexity index is 923. The van der Waals surface area contributed by atoms with Crippen LogP contribution in [0.3, 0.4) is 0 Å². The van der Waals surface area contributed by atoms with Gasteiger partial charge < -0.3 is 14.9 Å². The predicted molar refractivity (Wildman–Crippen MR) is 138 cm³/mol. The highest BCUT2D eigenvalue weighted by Crippen LogP contribution is 2.75. The molecule has 0 aromatic rings. The van der Waals surface area contributed by atoms with Crippen molar-refractivity contribution in [2.45, 2.75) is 112 Å². The Balaban J connectivity index is 1.59. The highest BCUT2D eigenvalue weighted by atomic mass is 16.5. The summed E-state index contributed by atoms with van der Waals surface area (Å²) in [7, 11) is 1.48. The van der Waals surface area contributed by atoms with E-state index in [1.54, 1.807) is 0 Å². The van der Waals surface area contributed by atoms with Gasteiger partial charge in [0.2, 0.25) is 0 Å². The van der Waals surface area contributed by atoms with Gasteiger partial charge >= 0.3 is 5.97 Å². The molecule has 4 saturated carbocycles. The molecule has 5 aliphatic carbocycles. The fourth-order valence-electron chi connectivity index (χ4n) is 11.1. The molecule has 0 saturated heterocycles. The maximum atomic E-state index is 12.7. The zero-order valence-electron chi connectivity index (χ0n) is 23.5. The molecule has 198 valence electrons. The van der Waals surface area contributed by atoms with Gasteiger partial charge in [0.05, 0.1) is 25.2 Å². The van der Waals surface area contributed by atoms with E-state index in [1.807, 2.05) is 0 Å². The number of allylic oxidation sites excluding steroid dienone is 2. The van der Waals surface area contributed by atoms with E-state index in [4.69, 9.17) is 4.74 Å². The van der Waals surface area contributed by atoms with Crippen molar-refractivity contribution < 1.29 is 19.7 Å². The molecule has 0 unspecified atom stereocenters. The number of fused-ring (bicyclic) bond motifs is 7. The highest BCUT2D eigenvalue weighted by molar-refractivity contribution is 5.73. The minimum atomic E-state index is -0.474. The van der Waals surface area contributed by atoms with E-state index in [2.05, 4.69) is 54.5 Å². The molecule has 5 aliphatic rings. The van der Waals surface area contributed by atoms with Crippen LogP contribution in [0.2, 0.25) is 0 Å². The van der Waals surface area contributed by atoms with Crippen molar-refractivity contribution in [1.82, 2.24) is 0 Å². The first kappa shape index (κ1) is 25.8. The van der Waals surface area contributed by atoms with Crippen LogP contribution in [-0.2, 0) is 9.53 Å². The second-order valence-electron chi connectivity index (χ2n) is 14.9. The second-order valence-corrected chi connectivity index (χ2v) is 14.9. The summed E-state index contributed by atoms with van der Waals surface area (Å²) in [5.74, 6) is 1.11. The third kappa shape index (κ3) is 3.08. The molecule has 0 radical (unpaired) electrons. The van der Waals surface area contributed by atoms with Gasteiger partial charge in [-0.3, -0.25) is 4.79 Å². The van der Waals surface area contributed by atoms with E-state index < -0.39 is 6.10 Å². The normalized spacial score (nSPS) is 54.9. The number of rotatable bonds is 1. The molecular weight excluding hydrogens is 436 g/mol. The molecular formula is C31H50O4. The fraction of sp³-hybridized carbons (Fsp3) is 0.903. The lowest BCUT2D eigenvalue weighted by atomic mass is 9.33. The lowest BCUT2D eigenvalue weighted by molar-refractivity contribution is -0.209. The van der Waals surface area contributed by atoms with Crippen molar-refractivity contribution in [3.8, 4) is 0 Å². The number of aliphatic hydroxyl groups is 2. The number of hydrogen-bond donors (Lipinski definition) is 2. The fourth-order valence-corrected chi connectivity index (χ4v) is 11.1. The summed E-state index contributed by atoms with van der Waals surface area (Å²) >= 11 is 0. The second kappa shape index (κ2) is 7.82. The molecule has 0 bridgehead atoms. The molecule has 4 fully saturated rings. The van der Waals surface area contributed by atoms with Gasteiger partial charge in [0.25, 0.3) is 0 Å². The largest absolute Gasteiger partial charge is 0.469 e. The zero-order chi connectivity index (χ0) is 25.8. The Hall–Kier alpha value is -0.870. The summed E-state index contributed by atoms with van der Waals surface area (Å²) < 4.78 is 5.20. The highest BCUT2D eigenvalue weighted by Gasteiger charge is 2.69. The summed E-state index contributed by atoms with van der Waals surface area (Å²) in [4.78, 5) is 12.7. The van der Waals surface area contributed by atoms with Gasteiger partial charge in [0.1, 0.15) is 0 Å². The zero-order valence-corrected chi connectivity index (χ0v) is 23.5. The van der Waals surface area contributed by atoms with Crippen molar-refractivity contribution >= 4 is 5.97 Å². The molecule has 0 spiro atoms. The van der Waals surface area contributed by atoms with E-state index in [9.17, 15) is 15.0 Å². The Kier molecular flexibility index (Phi) is 5.76. The number of carbonyl (C=O) groups excluding carboxylic acids is 1. The Morgan fingerprint density at radius 3 is 2.26 bits per heavy atom. The van der Waals surface area contributed by atoms with Crippen LogP contribution in [0.25, 0.3) is 0 Å². The molecule has 11 atom stereocenters. The quantitative estimate of drug-likeness (QED) is 0.345. The van der Waals surface area contributed by atoms with Gasteiger partial charge in [0.15, 0.2) is 0 Å².